The zero-order chi connectivity index (χ0) is 0. The van der Waals surface area contributed by atoms with Gasteiger partial charge in [0.25, 0.3) is 0 Å². The Morgan fingerprint density at radius 1 is 0.375 bits per heavy atom. The molecule has 0 radical (unpaired) electrons. The average Bonchev–Trinajstić information content (AvgIpc) is 0. The molecule has 0 aliphatic carbocycles. The van der Waals surface area contributed by atoms with E-state index in [1.54, 1.807) is 0 Å². The van der Waals surface area contributed by atoms with Crippen molar-refractivity contribution in [2.45, 2.75) is 0 Å². The molecule has 0 aliphatic heterocycles. The van der Waals surface area contributed by atoms with Crippen LogP contribution in [-0.4, -0.2) is 55.9 Å². The Kier molecular flexibility index (Phi) is 252000. The van der Waals surface area contributed by atoms with Crippen LogP contribution in [0.25, 0.3) is 0 Å². The van der Waals surface area contributed by atoms with Gasteiger partial charge in [-0.15, -0.1) is 0 Å². The second-order valence-electron chi connectivity index (χ2n) is 0. The molecular weight excluding hydrogens is 132 g/mol. The van der Waals surface area contributed by atoms with E-state index in [9.17, 15) is 0 Å². The van der Waals surface area contributed by atoms with Gasteiger partial charge in [-0.25, -0.2) is 0 Å². The zero-order valence-corrected chi connectivity index (χ0v) is 5.30. The number of rotatable bonds is 0. The van der Waals surface area contributed by atoms with E-state index < -0.39 is 0 Å². The van der Waals surface area contributed by atoms with Gasteiger partial charge in [-0.1, -0.05) is 0 Å². The van der Waals surface area contributed by atoms with E-state index in [2.05, 4.69) is 0 Å². The van der Waals surface area contributed by atoms with Crippen LogP contribution in [0.15, 0.2) is 0 Å². The van der Waals surface area contributed by atoms with E-state index in [1.165, 1.54) is 0 Å². The Hall–Kier alpha value is 0.526. The van der Waals surface area contributed by atoms with Gasteiger partial charge in [-0.05, 0) is 0 Å². The van der Waals surface area contributed by atoms with E-state index in [4.69, 9.17) is 0 Å². The van der Waals surface area contributed by atoms with Crippen LogP contribution in [0.1, 0.15) is 0 Å². The third-order valence-corrected chi connectivity index (χ3v) is 0. The Morgan fingerprint density at radius 2 is 0.375 bits per heavy atom. The molecule has 0 atom stereocenters. The van der Waals surface area contributed by atoms with Gasteiger partial charge in [-0.2, -0.15) is 0 Å². The molecule has 8 heavy (non-hydrogen) atoms. The minimum Gasteiger partial charge on any atom is -0.870 e. The van der Waals surface area contributed by atoms with E-state index in [0.717, 1.165) is 0 Å². The van der Waals surface area contributed by atoms with Gasteiger partial charge < -0.3 is 32.9 Å². The van der Waals surface area contributed by atoms with E-state index in [0.29, 0.717) is 0 Å². The molecule has 0 aliphatic rings. The van der Waals surface area contributed by atoms with Crippen molar-refractivity contribution in [2.24, 2.45) is 0 Å². The van der Waals surface area contributed by atoms with Gasteiger partial charge in [0.15, 0.2) is 0 Å². The van der Waals surface area contributed by atoms with E-state index >= 15 is 0 Å². The molecule has 0 aromatic carbocycles. The minimum atomic E-state index is 0. The van der Waals surface area contributed by atoms with Crippen molar-refractivity contribution in [3.8, 4) is 0 Å². The molecule has 0 spiro atoms. The topological polar surface area (TPSA) is 180 Å². The molecule has 0 aromatic heterocycles. The summed E-state index contributed by atoms with van der Waals surface area (Å²) in [5.41, 5.74) is 0. The van der Waals surface area contributed by atoms with Crippen LogP contribution in [-0.2, 0) is 0 Å². The molecular formula is CH6MgO6. The molecule has 7 heteroatoms. The summed E-state index contributed by atoms with van der Waals surface area (Å²) in [5, 5.41) is 0. The van der Waals surface area contributed by atoms with Crippen molar-refractivity contribution in [2.75, 3.05) is 0 Å². The largest absolute Gasteiger partial charge is 4.00 e. The van der Waals surface area contributed by atoms with Crippen LogP contribution in [0.2, 0.25) is 0 Å². The summed E-state index contributed by atoms with van der Waals surface area (Å²) >= 11 is 0. The van der Waals surface area contributed by atoms with Gasteiger partial charge >= 0.3 is 30.5 Å². The van der Waals surface area contributed by atoms with Gasteiger partial charge in [-0.3, -0.25) is 0 Å². The Balaban J connectivity index is 0. The predicted molar refractivity (Wildman–Crippen MR) is 20.6 cm³/mol. The van der Waals surface area contributed by atoms with Crippen molar-refractivity contribution in [3.05, 3.63) is 7.43 Å². The van der Waals surface area contributed by atoms with Crippen LogP contribution in [0.5, 0.6) is 0 Å². The number of hydrogen-bond donors (Lipinski definition) is 0. The van der Waals surface area contributed by atoms with Crippen molar-refractivity contribution in [3.63, 3.8) is 0 Å². The molecule has 6 N–H and O–H groups in total. The maximum atomic E-state index is 0. The summed E-state index contributed by atoms with van der Waals surface area (Å²) in [6.45, 7) is 0. The molecule has 0 fully saturated rings. The smallest absolute Gasteiger partial charge is 0.870 e. The average molecular weight is 138 g/mol. The minimum absolute atomic E-state index is 0. The van der Waals surface area contributed by atoms with Crippen LogP contribution in [0, 0.1) is 7.43 Å². The summed E-state index contributed by atoms with van der Waals surface area (Å²) in [4.78, 5) is 0. The van der Waals surface area contributed by atoms with Crippen LogP contribution in [0.4, 0.5) is 0 Å². The predicted octanol–water partition coefficient (Wildman–Crippen LogP) is -1.36. The molecule has 0 saturated carbocycles. The second-order valence-corrected chi connectivity index (χ2v) is 0. The maximum Gasteiger partial charge on any atom is 4.00 e. The van der Waals surface area contributed by atoms with E-state index in [1.807, 2.05) is 0 Å². The normalized spacial score (nSPS) is 0. The Morgan fingerprint density at radius 3 is 0.375 bits per heavy atom. The molecule has 0 heterocycles. The summed E-state index contributed by atoms with van der Waals surface area (Å²) in [7, 11) is 0. The maximum absolute atomic E-state index is 0. The van der Waals surface area contributed by atoms with Crippen molar-refractivity contribution >= 4 is 23.1 Å². The van der Waals surface area contributed by atoms with Crippen molar-refractivity contribution in [1.82, 2.24) is 0 Å². The fourth-order valence-electron chi connectivity index (χ4n) is 0. The standard InChI is InChI=1S/C.Mg.6H2O/h;;6*1H2/q+4;+2;;;;;;/p-6. The first-order valence-electron chi connectivity index (χ1n) is 0. The second kappa shape index (κ2) is 1160. The molecule has 0 aromatic rings. The van der Waals surface area contributed by atoms with Gasteiger partial charge in [0.1, 0.15) is 0 Å². The molecule has 0 saturated heterocycles. The first-order valence-corrected chi connectivity index (χ1v) is 0. The van der Waals surface area contributed by atoms with Gasteiger partial charge in [0.05, 0.1) is 0 Å². The monoisotopic (exact) mass is 138 g/mol. The third kappa shape index (κ3) is 720. The van der Waals surface area contributed by atoms with Crippen LogP contribution in [0.3, 0.4) is 0 Å². The molecule has 0 rings (SSSR count). The summed E-state index contributed by atoms with van der Waals surface area (Å²) in [5.74, 6) is 0. The quantitative estimate of drug-likeness (QED) is 0.372. The van der Waals surface area contributed by atoms with Crippen molar-refractivity contribution < 1.29 is 32.9 Å². The van der Waals surface area contributed by atoms with E-state index in [-0.39, 0.29) is 63.3 Å². The Labute approximate surface area is 63.9 Å². The van der Waals surface area contributed by atoms with Gasteiger partial charge in [0, 0.05) is 0 Å². The fourth-order valence-corrected chi connectivity index (χ4v) is 0. The zero-order valence-electron chi connectivity index (χ0n) is 3.89. The Bertz CT molecular complexity index is 8.49. The molecule has 0 bridgehead atoms. The molecule has 6 nitrogen and oxygen atoms in total. The summed E-state index contributed by atoms with van der Waals surface area (Å²) in [6.07, 6.45) is 0. The van der Waals surface area contributed by atoms with Crippen LogP contribution < -0.4 is 0 Å². The molecule has 0 unspecified atom stereocenters. The third-order valence-electron chi connectivity index (χ3n) is 0. The fraction of sp³-hybridized carbons (Fsp3) is 0. The van der Waals surface area contributed by atoms with Crippen LogP contribution >= 0.6 is 0 Å². The van der Waals surface area contributed by atoms with Gasteiger partial charge in [0.2, 0.25) is 0 Å². The first kappa shape index (κ1) is 1740. The summed E-state index contributed by atoms with van der Waals surface area (Å²) in [6, 6.07) is 0. The first-order chi connectivity index (χ1) is 0. The molecule has 48 valence electrons. The van der Waals surface area contributed by atoms with Crippen molar-refractivity contribution in [1.29, 1.82) is 0 Å². The number of hydrogen-bond acceptors (Lipinski definition) is 6. The SMILES string of the molecule is [C+4].[Mg+2].[OH-].[OH-].[OH-].[OH-].[OH-].[OH-]. The summed E-state index contributed by atoms with van der Waals surface area (Å²) < 4.78 is 0. The molecule has 0 amide bonds.